The molecular weight excluding hydrogens is 257 g/mol. The predicted molar refractivity (Wildman–Crippen MR) is 66.3 cm³/mol. The van der Waals surface area contributed by atoms with E-state index in [1.165, 1.54) is 6.07 Å². The fraction of sp³-hybridized carbons (Fsp3) is 0.462. The van der Waals surface area contributed by atoms with Crippen molar-refractivity contribution in [3.8, 4) is 0 Å². The number of rotatable bonds is 5. The van der Waals surface area contributed by atoms with Crippen molar-refractivity contribution in [2.75, 3.05) is 6.54 Å². The van der Waals surface area contributed by atoms with Gasteiger partial charge in [-0.3, -0.25) is 4.79 Å². The molecule has 0 aliphatic rings. The second kappa shape index (κ2) is 6.56. The molecule has 0 heterocycles. The number of amides is 1. The number of halogens is 3. The van der Waals surface area contributed by atoms with Crippen LogP contribution in [0.5, 0.6) is 0 Å². The molecule has 0 saturated carbocycles. The van der Waals surface area contributed by atoms with E-state index in [0.29, 0.717) is 12.0 Å². The number of carbonyl (C=O) groups is 1. The molecule has 3 N–H and O–H groups in total. The smallest absolute Gasteiger partial charge is 0.348 e. The van der Waals surface area contributed by atoms with E-state index < -0.39 is 17.8 Å². The number of benzene rings is 1. The van der Waals surface area contributed by atoms with Crippen LogP contribution in [0.3, 0.4) is 0 Å². The first-order valence-electron chi connectivity index (χ1n) is 6.05. The molecule has 1 rings (SSSR count). The van der Waals surface area contributed by atoms with E-state index in [0.717, 1.165) is 18.6 Å². The Balaban J connectivity index is 2.99. The zero-order valence-electron chi connectivity index (χ0n) is 10.6. The van der Waals surface area contributed by atoms with Crippen molar-refractivity contribution in [2.45, 2.75) is 32.0 Å². The molecule has 1 atom stereocenters. The largest absolute Gasteiger partial charge is 0.416 e. The van der Waals surface area contributed by atoms with Crippen LogP contribution in [0.1, 0.15) is 36.9 Å². The normalized spacial score (nSPS) is 13.1. The second-order valence-corrected chi connectivity index (χ2v) is 4.24. The lowest BCUT2D eigenvalue weighted by atomic mass is 10.00. The molecule has 0 bridgehead atoms. The maximum Gasteiger partial charge on any atom is 0.416 e. The van der Waals surface area contributed by atoms with Gasteiger partial charge >= 0.3 is 6.18 Å². The van der Waals surface area contributed by atoms with Crippen molar-refractivity contribution in [1.29, 1.82) is 0 Å². The molecule has 0 saturated heterocycles. The minimum atomic E-state index is -4.38. The van der Waals surface area contributed by atoms with Gasteiger partial charge in [0.05, 0.1) is 18.2 Å². The highest BCUT2D eigenvalue weighted by molar-refractivity contribution is 5.78. The second-order valence-electron chi connectivity index (χ2n) is 4.24. The van der Waals surface area contributed by atoms with Crippen LogP contribution in [0, 0.1) is 0 Å². The third kappa shape index (κ3) is 4.55. The van der Waals surface area contributed by atoms with E-state index in [2.05, 4.69) is 5.32 Å². The molecule has 1 unspecified atom stereocenters. The standard InChI is InChI=1S/C13H17F3N2O/c1-2-4-11(18-12(19)8-17)9-5-3-6-10(7-9)13(14,15)16/h3,5-7,11H,2,4,8,17H2,1H3,(H,18,19). The Hall–Kier alpha value is -1.56. The Bertz CT molecular complexity index is 432. The SMILES string of the molecule is CCCC(NC(=O)CN)c1cccc(C(F)(F)F)c1. The summed E-state index contributed by atoms with van der Waals surface area (Å²) >= 11 is 0. The summed E-state index contributed by atoms with van der Waals surface area (Å²) in [5.41, 5.74) is 4.93. The number of hydrogen-bond acceptors (Lipinski definition) is 2. The summed E-state index contributed by atoms with van der Waals surface area (Å²) < 4.78 is 37.9. The molecule has 19 heavy (non-hydrogen) atoms. The highest BCUT2D eigenvalue weighted by Gasteiger charge is 2.31. The van der Waals surface area contributed by atoms with Gasteiger partial charge in [-0.15, -0.1) is 0 Å². The van der Waals surface area contributed by atoms with Crippen LogP contribution >= 0.6 is 0 Å². The van der Waals surface area contributed by atoms with E-state index >= 15 is 0 Å². The van der Waals surface area contributed by atoms with Crippen LogP contribution in [0.4, 0.5) is 13.2 Å². The van der Waals surface area contributed by atoms with E-state index in [9.17, 15) is 18.0 Å². The average Bonchev–Trinajstić information content (AvgIpc) is 2.37. The van der Waals surface area contributed by atoms with Crippen molar-refractivity contribution in [1.82, 2.24) is 5.32 Å². The Labute approximate surface area is 110 Å². The van der Waals surface area contributed by atoms with Crippen LogP contribution in [-0.2, 0) is 11.0 Å². The maximum absolute atomic E-state index is 12.6. The van der Waals surface area contributed by atoms with E-state index in [1.807, 2.05) is 6.92 Å². The third-order valence-corrected chi connectivity index (χ3v) is 2.71. The summed E-state index contributed by atoms with van der Waals surface area (Å²) in [5.74, 6) is -0.379. The molecule has 6 heteroatoms. The fourth-order valence-electron chi connectivity index (χ4n) is 1.80. The number of carbonyl (C=O) groups excluding carboxylic acids is 1. The van der Waals surface area contributed by atoms with Gasteiger partial charge in [0.1, 0.15) is 0 Å². The van der Waals surface area contributed by atoms with Crippen molar-refractivity contribution in [3.05, 3.63) is 35.4 Å². The molecule has 3 nitrogen and oxygen atoms in total. The zero-order chi connectivity index (χ0) is 14.5. The topological polar surface area (TPSA) is 55.1 Å². The molecule has 0 aliphatic heterocycles. The molecule has 0 spiro atoms. The summed E-state index contributed by atoms with van der Waals surface area (Å²) in [7, 11) is 0. The maximum atomic E-state index is 12.6. The van der Waals surface area contributed by atoms with Crippen molar-refractivity contribution in [3.63, 3.8) is 0 Å². The molecule has 1 aromatic carbocycles. The predicted octanol–water partition coefficient (Wildman–Crippen LogP) is 2.62. The highest BCUT2D eigenvalue weighted by Crippen LogP contribution is 2.31. The minimum absolute atomic E-state index is 0.181. The number of alkyl halides is 3. The monoisotopic (exact) mass is 274 g/mol. The Morgan fingerprint density at radius 3 is 2.63 bits per heavy atom. The zero-order valence-corrected chi connectivity index (χ0v) is 10.6. The third-order valence-electron chi connectivity index (χ3n) is 2.71. The summed E-state index contributed by atoms with van der Waals surface area (Å²) in [6.07, 6.45) is -3.08. The van der Waals surface area contributed by atoms with E-state index in [-0.39, 0.29) is 12.5 Å². The number of nitrogens with two attached hydrogens (primary N) is 1. The molecule has 0 radical (unpaired) electrons. The van der Waals surface area contributed by atoms with Gasteiger partial charge in [-0.1, -0.05) is 25.5 Å². The Morgan fingerprint density at radius 2 is 2.11 bits per heavy atom. The first-order valence-corrected chi connectivity index (χ1v) is 6.05. The number of hydrogen-bond donors (Lipinski definition) is 2. The van der Waals surface area contributed by atoms with Crippen LogP contribution in [0.25, 0.3) is 0 Å². The Morgan fingerprint density at radius 1 is 1.42 bits per heavy atom. The van der Waals surface area contributed by atoms with Gasteiger partial charge in [-0.25, -0.2) is 0 Å². The quantitative estimate of drug-likeness (QED) is 0.867. The van der Waals surface area contributed by atoms with Gasteiger partial charge in [0.2, 0.25) is 5.91 Å². The summed E-state index contributed by atoms with van der Waals surface area (Å²) in [5, 5.41) is 2.63. The van der Waals surface area contributed by atoms with Gasteiger partial charge in [-0.2, -0.15) is 13.2 Å². The minimum Gasteiger partial charge on any atom is -0.348 e. The van der Waals surface area contributed by atoms with Gasteiger partial charge in [-0.05, 0) is 24.1 Å². The van der Waals surface area contributed by atoms with E-state index in [1.54, 1.807) is 6.07 Å². The van der Waals surface area contributed by atoms with Crippen molar-refractivity contribution in [2.24, 2.45) is 5.73 Å². The van der Waals surface area contributed by atoms with Gasteiger partial charge in [0.25, 0.3) is 0 Å². The first kappa shape index (κ1) is 15.5. The first-order chi connectivity index (χ1) is 8.88. The lowest BCUT2D eigenvalue weighted by Gasteiger charge is -2.19. The molecule has 0 aliphatic carbocycles. The highest BCUT2D eigenvalue weighted by atomic mass is 19.4. The molecule has 0 aromatic heterocycles. The summed E-state index contributed by atoms with van der Waals surface area (Å²) in [4.78, 5) is 11.3. The fourth-order valence-corrected chi connectivity index (χ4v) is 1.80. The number of nitrogens with one attached hydrogen (secondary N) is 1. The van der Waals surface area contributed by atoms with Gasteiger partial charge in [0, 0.05) is 0 Å². The molecular formula is C13H17F3N2O. The molecule has 0 fully saturated rings. The molecule has 1 aromatic rings. The van der Waals surface area contributed by atoms with Gasteiger partial charge in [0.15, 0.2) is 0 Å². The summed E-state index contributed by atoms with van der Waals surface area (Å²) in [6.45, 7) is 1.72. The van der Waals surface area contributed by atoms with Gasteiger partial charge < -0.3 is 11.1 Å². The average molecular weight is 274 g/mol. The van der Waals surface area contributed by atoms with Crippen molar-refractivity contribution >= 4 is 5.91 Å². The van der Waals surface area contributed by atoms with Crippen LogP contribution < -0.4 is 11.1 Å². The summed E-state index contributed by atoms with van der Waals surface area (Å²) in [6, 6.07) is 4.55. The lowest BCUT2D eigenvalue weighted by Crippen LogP contribution is -2.33. The Kier molecular flexibility index (Phi) is 5.35. The van der Waals surface area contributed by atoms with Crippen LogP contribution in [0.15, 0.2) is 24.3 Å². The molecule has 1 amide bonds. The van der Waals surface area contributed by atoms with Crippen LogP contribution in [0.2, 0.25) is 0 Å². The lowest BCUT2D eigenvalue weighted by molar-refractivity contribution is -0.137. The van der Waals surface area contributed by atoms with Crippen LogP contribution in [-0.4, -0.2) is 12.5 Å². The molecule has 106 valence electrons. The van der Waals surface area contributed by atoms with Crippen molar-refractivity contribution < 1.29 is 18.0 Å². The van der Waals surface area contributed by atoms with E-state index in [4.69, 9.17) is 5.73 Å².